The van der Waals surface area contributed by atoms with Gasteiger partial charge in [0.1, 0.15) is 11.2 Å². The second-order valence-corrected chi connectivity index (χ2v) is 12.5. The minimum atomic E-state index is -0.415. The second kappa shape index (κ2) is 8.45. The minimum absolute atomic E-state index is 0.382. The smallest absolute Gasteiger partial charge is 0.455 e. The van der Waals surface area contributed by atoms with Crippen molar-refractivity contribution in [2.24, 2.45) is 0 Å². The molecule has 0 amide bonds. The summed E-state index contributed by atoms with van der Waals surface area (Å²) >= 11 is 0. The van der Waals surface area contributed by atoms with E-state index < -0.39 is 7.12 Å². The third kappa shape index (κ3) is 3.46. The monoisotopic (exact) mass is 524 g/mol. The van der Waals surface area contributed by atoms with E-state index in [2.05, 4.69) is 107 Å². The van der Waals surface area contributed by atoms with Crippen LogP contribution in [-0.4, -0.2) is 18.3 Å². The minimum Gasteiger partial charge on any atom is -0.455 e. The van der Waals surface area contributed by atoms with Gasteiger partial charge in [0.25, 0.3) is 0 Å². The Hall–Kier alpha value is -3.60. The van der Waals surface area contributed by atoms with E-state index >= 15 is 0 Å². The van der Waals surface area contributed by atoms with Gasteiger partial charge in [-0.2, -0.15) is 0 Å². The molecule has 0 N–H and O–H groups in total. The molecule has 4 aromatic carbocycles. The van der Waals surface area contributed by atoms with Gasteiger partial charge in [0.2, 0.25) is 0 Å². The van der Waals surface area contributed by atoms with Crippen LogP contribution in [0.1, 0.15) is 58.1 Å². The highest BCUT2D eigenvalue weighted by molar-refractivity contribution is 6.62. The van der Waals surface area contributed by atoms with Crippen LogP contribution in [0.5, 0.6) is 0 Å². The molecule has 0 saturated carbocycles. The summed E-state index contributed by atoms with van der Waals surface area (Å²) in [4.78, 5) is 0. The summed E-state index contributed by atoms with van der Waals surface area (Å²) in [5.74, 6) is 0. The van der Waals surface area contributed by atoms with Crippen LogP contribution in [-0.2, 0) is 15.7 Å². The number of benzene rings is 4. The molecule has 1 saturated heterocycles. The lowest BCUT2D eigenvalue weighted by Gasteiger charge is -2.32. The summed E-state index contributed by atoms with van der Waals surface area (Å²) < 4.78 is 19.3. The predicted octanol–water partition coefficient (Wildman–Crippen LogP) is 7.02. The van der Waals surface area contributed by atoms with Crippen molar-refractivity contribution in [1.82, 2.24) is 0 Å². The van der Waals surface area contributed by atoms with Gasteiger partial charge in [0, 0.05) is 16.3 Å². The summed E-state index contributed by atoms with van der Waals surface area (Å²) in [6.07, 6.45) is 14.0. The van der Waals surface area contributed by atoms with Gasteiger partial charge in [-0.05, 0) is 109 Å². The molecule has 0 atom stereocenters. The average molecular weight is 524 g/mol. The summed E-state index contributed by atoms with van der Waals surface area (Å²) in [6, 6.07) is 19.8. The first-order valence-corrected chi connectivity index (χ1v) is 14.6. The molecule has 198 valence electrons. The molecule has 0 radical (unpaired) electrons. The summed E-state index contributed by atoms with van der Waals surface area (Å²) in [6.45, 7) is 8.34. The fourth-order valence-electron chi connectivity index (χ4n) is 6.75. The molecule has 0 spiro atoms. The molecule has 3 nitrogen and oxygen atoms in total. The van der Waals surface area contributed by atoms with Crippen LogP contribution in [0, 0.1) is 0 Å². The Kier molecular flexibility index (Phi) is 5.12. The van der Waals surface area contributed by atoms with Gasteiger partial charge in [-0.1, -0.05) is 66.8 Å². The zero-order valence-electron chi connectivity index (χ0n) is 23.6. The van der Waals surface area contributed by atoms with E-state index in [9.17, 15) is 0 Å². The van der Waals surface area contributed by atoms with Crippen LogP contribution in [0.3, 0.4) is 0 Å². The molecule has 8 rings (SSSR count). The van der Waals surface area contributed by atoms with E-state index in [1.807, 2.05) is 0 Å². The molecule has 1 aliphatic heterocycles. The SMILES string of the molecule is CC1(C)OB(c2ccc3c(c2)oc2c(-c4ccc5c6c(c7c(c5c4)C=CCC7)=CCCC=6)cccc23)OC1(C)C. The summed E-state index contributed by atoms with van der Waals surface area (Å²) in [5.41, 5.74) is 7.19. The lowest BCUT2D eigenvalue weighted by Crippen LogP contribution is -2.41. The van der Waals surface area contributed by atoms with Crippen molar-refractivity contribution in [2.45, 2.75) is 64.6 Å². The van der Waals surface area contributed by atoms with Crippen LogP contribution in [0.4, 0.5) is 0 Å². The largest absolute Gasteiger partial charge is 0.494 e. The first-order valence-electron chi connectivity index (χ1n) is 14.6. The van der Waals surface area contributed by atoms with Crippen LogP contribution < -0.4 is 15.9 Å². The Balaban J connectivity index is 1.29. The highest BCUT2D eigenvalue weighted by atomic mass is 16.7. The first kappa shape index (κ1) is 24.2. The molecular weight excluding hydrogens is 491 g/mol. The zero-order chi connectivity index (χ0) is 27.2. The van der Waals surface area contributed by atoms with Crippen LogP contribution in [0.15, 0.2) is 65.1 Å². The van der Waals surface area contributed by atoms with Crippen molar-refractivity contribution in [3.8, 4) is 11.1 Å². The normalized spacial score (nSPS) is 19.1. The number of fused-ring (bicyclic) bond motifs is 9. The summed E-state index contributed by atoms with van der Waals surface area (Å²) in [5, 5.41) is 7.80. The van der Waals surface area contributed by atoms with E-state index in [1.165, 1.54) is 37.9 Å². The summed E-state index contributed by atoms with van der Waals surface area (Å²) in [7, 11) is -0.415. The third-order valence-electron chi connectivity index (χ3n) is 9.61. The Morgan fingerprint density at radius 1 is 0.725 bits per heavy atom. The zero-order valence-corrected chi connectivity index (χ0v) is 23.6. The molecule has 40 heavy (non-hydrogen) atoms. The van der Waals surface area contributed by atoms with E-state index in [0.29, 0.717) is 0 Å². The Bertz CT molecular complexity index is 2010. The number of para-hydroxylation sites is 1. The Morgan fingerprint density at radius 3 is 2.33 bits per heavy atom. The van der Waals surface area contributed by atoms with Crippen molar-refractivity contribution in [2.75, 3.05) is 0 Å². The number of furan rings is 1. The second-order valence-electron chi connectivity index (χ2n) is 12.5. The van der Waals surface area contributed by atoms with E-state index in [0.717, 1.165) is 58.6 Å². The maximum atomic E-state index is 6.62. The molecule has 1 aromatic heterocycles. The lowest BCUT2D eigenvalue weighted by molar-refractivity contribution is 0.00578. The van der Waals surface area contributed by atoms with Crippen molar-refractivity contribution in [1.29, 1.82) is 0 Å². The molecular formula is C36H33BO3. The van der Waals surface area contributed by atoms with Crippen LogP contribution in [0.25, 0.3) is 62.1 Å². The van der Waals surface area contributed by atoms with Crippen molar-refractivity contribution in [3.05, 3.63) is 82.2 Å². The number of hydrogen-bond acceptors (Lipinski definition) is 3. The van der Waals surface area contributed by atoms with Crippen LogP contribution >= 0.6 is 0 Å². The Morgan fingerprint density at radius 2 is 1.50 bits per heavy atom. The number of rotatable bonds is 2. The third-order valence-corrected chi connectivity index (χ3v) is 9.61. The Labute approximate surface area is 234 Å². The van der Waals surface area contributed by atoms with Gasteiger partial charge in [0.05, 0.1) is 11.2 Å². The molecule has 3 aliphatic rings. The predicted molar refractivity (Wildman–Crippen MR) is 167 cm³/mol. The van der Waals surface area contributed by atoms with E-state index in [-0.39, 0.29) is 11.2 Å². The number of allylic oxidation sites excluding steroid dienone is 1. The van der Waals surface area contributed by atoms with Crippen LogP contribution in [0.2, 0.25) is 0 Å². The maximum Gasteiger partial charge on any atom is 0.494 e. The van der Waals surface area contributed by atoms with Gasteiger partial charge < -0.3 is 13.7 Å². The quantitative estimate of drug-likeness (QED) is 0.233. The molecule has 4 heteroatoms. The van der Waals surface area contributed by atoms with Gasteiger partial charge >= 0.3 is 7.12 Å². The molecule has 2 aliphatic carbocycles. The van der Waals surface area contributed by atoms with Gasteiger partial charge in [-0.25, -0.2) is 0 Å². The molecule has 5 aromatic rings. The fourth-order valence-corrected chi connectivity index (χ4v) is 6.75. The maximum absolute atomic E-state index is 6.62. The topological polar surface area (TPSA) is 31.6 Å². The van der Waals surface area contributed by atoms with Gasteiger partial charge in [0.15, 0.2) is 0 Å². The van der Waals surface area contributed by atoms with Gasteiger partial charge in [-0.3, -0.25) is 0 Å². The lowest BCUT2D eigenvalue weighted by atomic mass is 9.79. The first-order chi connectivity index (χ1) is 19.3. The van der Waals surface area contributed by atoms with E-state index in [1.54, 1.807) is 0 Å². The number of hydrogen-bond donors (Lipinski definition) is 0. The fraction of sp³-hybridized carbons (Fsp3) is 0.278. The van der Waals surface area contributed by atoms with Crippen molar-refractivity contribution >= 4 is 63.5 Å². The molecule has 0 bridgehead atoms. The highest BCUT2D eigenvalue weighted by Crippen LogP contribution is 2.39. The average Bonchev–Trinajstić information content (AvgIpc) is 3.45. The van der Waals surface area contributed by atoms with Crippen molar-refractivity contribution in [3.63, 3.8) is 0 Å². The highest BCUT2D eigenvalue weighted by Gasteiger charge is 2.51. The molecule has 0 unspecified atom stereocenters. The molecule has 1 fully saturated rings. The molecule has 2 heterocycles. The van der Waals surface area contributed by atoms with E-state index in [4.69, 9.17) is 13.7 Å². The standard InChI is InChI=1S/C36H33BO3/c1-35(2)36(3,4)40-37(39-35)23-17-19-30-31-15-9-14-24(34(31)38-33(30)21-23)22-16-18-29-27-12-6-5-10-25(27)26-11-7-8-13-28(26)32(29)20-22/h8-10,12-21H,5-7,11H2,1-4H3. The van der Waals surface area contributed by atoms with Gasteiger partial charge in [-0.15, -0.1) is 0 Å². The van der Waals surface area contributed by atoms with Crippen molar-refractivity contribution < 1.29 is 13.7 Å².